The Labute approximate surface area is 148 Å². The summed E-state index contributed by atoms with van der Waals surface area (Å²) in [5, 5.41) is 5.50. The fourth-order valence-corrected chi connectivity index (χ4v) is 2.28. The summed E-state index contributed by atoms with van der Waals surface area (Å²) in [6.07, 6.45) is 1.83. The van der Waals surface area contributed by atoms with Gasteiger partial charge in [-0.15, -0.1) is 0 Å². The first-order valence-electron chi connectivity index (χ1n) is 7.38. The minimum Gasteiger partial charge on any atom is -0.481 e. The molecule has 2 N–H and O–H groups in total. The van der Waals surface area contributed by atoms with Crippen LogP contribution in [0.4, 0.5) is 0 Å². The number of nitrogens with zero attached hydrogens (tertiary/aromatic N) is 1. The zero-order chi connectivity index (χ0) is 17.4. The summed E-state index contributed by atoms with van der Waals surface area (Å²) in [7, 11) is 1.53. The van der Waals surface area contributed by atoms with E-state index in [2.05, 4.69) is 31.5 Å². The van der Waals surface area contributed by atoms with Gasteiger partial charge in [-0.25, -0.2) is 4.98 Å². The molecule has 0 spiro atoms. The van der Waals surface area contributed by atoms with Gasteiger partial charge in [0.15, 0.2) is 0 Å². The number of ether oxygens (including phenoxy) is 1. The van der Waals surface area contributed by atoms with E-state index in [-0.39, 0.29) is 24.8 Å². The molecule has 1 aromatic heterocycles. The second kappa shape index (κ2) is 9.02. The van der Waals surface area contributed by atoms with E-state index >= 15 is 0 Å². The average Bonchev–Trinajstić information content (AvgIpc) is 2.60. The number of amides is 2. The van der Waals surface area contributed by atoms with Crippen LogP contribution in [-0.2, 0) is 11.3 Å². The maximum Gasteiger partial charge on any atom is 0.251 e. The second-order valence-electron chi connectivity index (χ2n) is 4.96. The molecule has 6 nitrogen and oxygen atoms in total. The number of nitrogens with one attached hydrogen (secondary N) is 2. The van der Waals surface area contributed by atoms with E-state index in [0.29, 0.717) is 18.0 Å². The Morgan fingerprint density at radius 3 is 2.62 bits per heavy atom. The van der Waals surface area contributed by atoms with Gasteiger partial charge in [0, 0.05) is 41.3 Å². The van der Waals surface area contributed by atoms with Crippen molar-refractivity contribution in [2.24, 2.45) is 0 Å². The second-order valence-corrected chi connectivity index (χ2v) is 5.88. The van der Waals surface area contributed by atoms with E-state index in [9.17, 15) is 9.59 Å². The van der Waals surface area contributed by atoms with E-state index in [0.717, 1.165) is 10.0 Å². The zero-order valence-electron chi connectivity index (χ0n) is 13.2. The third-order valence-electron chi connectivity index (χ3n) is 3.26. The Balaban J connectivity index is 1.73. The van der Waals surface area contributed by atoms with Gasteiger partial charge in [0.25, 0.3) is 5.91 Å². The monoisotopic (exact) mass is 391 g/mol. The van der Waals surface area contributed by atoms with E-state index in [4.69, 9.17) is 4.74 Å². The van der Waals surface area contributed by atoms with Crippen LogP contribution in [-0.4, -0.2) is 30.5 Å². The van der Waals surface area contributed by atoms with Crippen LogP contribution in [0.15, 0.2) is 47.1 Å². The van der Waals surface area contributed by atoms with Crippen molar-refractivity contribution in [3.8, 4) is 5.88 Å². The molecule has 2 rings (SSSR count). The van der Waals surface area contributed by atoms with E-state index in [1.807, 2.05) is 6.07 Å². The smallest absolute Gasteiger partial charge is 0.251 e. The predicted molar refractivity (Wildman–Crippen MR) is 93.7 cm³/mol. The van der Waals surface area contributed by atoms with Gasteiger partial charge in [-0.1, -0.05) is 22.0 Å². The van der Waals surface area contributed by atoms with Gasteiger partial charge in [0.2, 0.25) is 11.8 Å². The number of methoxy groups -OCH3 is 1. The Bertz CT molecular complexity index is 704. The van der Waals surface area contributed by atoms with Crippen molar-refractivity contribution in [1.29, 1.82) is 0 Å². The highest BCUT2D eigenvalue weighted by molar-refractivity contribution is 9.10. The van der Waals surface area contributed by atoms with E-state index in [1.54, 1.807) is 36.5 Å². The molecule has 0 radical (unpaired) electrons. The summed E-state index contributed by atoms with van der Waals surface area (Å²) in [5.74, 6) is 0.127. The molecule has 0 atom stereocenters. The topological polar surface area (TPSA) is 80.3 Å². The van der Waals surface area contributed by atoms with Crippen molar-refractivity contribution in [1.82, 2.24) is 15.6 Å². The minimum absolute atomic E-state index is 0.156. The van der Waals surface area contributed by atoms with Crippen LogP contribution in [0.1, 0.15) is 22.3 Å². The lowest BCUT2D eigenvalue weighted by Crippen LogP contribution is -2.30. The number of aromatic nitrogens is 1. The molecule has 0 aliphatic heterocycles. The molecule has 0 unspecified atom stereocenters. The van der Waals surface area contributed by atoms with Crippen molar-refractivity contribution in [2.75, 3.05) is 13.7 Å². The van der Waals surface area contributed by atoms with Gasteiger partial charge in [-0.05, 0) is 30.3 Å². The quantitative estimate of drug-likeness (QED) is 0.758. The summed E-state index contributed by atoms with van der Waals surface area (Å²) in [6.45, 7) is 0.599. The molecular weight excluding hydrogens is 374 g/mol. The third kappa shape index (κ3) is 5.34. The van der Waals surface area contributed by atoms with Crippen molar-refractivity contribution < 1.29 is 14.3 Å². The Hall–Kier alpha value is -2.41. The highest BCUT2D eigenvalue weighted by atomic mass is 79.9. The summed E-state index contributed by atoms with van der Waals surface area (Å²) >= 11 is 3.31. The summed E-state index contributed by atoms with van der Waals surface area (Å²) in [6, 6.07) is 10.6. The molecule has 0 fully saturated rings. The fourth-order valence-electron chi connectivity index (χ4n) is 2.02. The Morgan fingerprint density at radius 2 is 1.92 bits per heavy atom. The molecule has 2 amide bonds. The van der Waals surface area contributed by atoms with Crippen LogP contribution in [0.3, 0.4) is 0 Å². The van der Waals surface area contributed by atoms with E-state index in [1.165, 1.54) is 7.11 Å². The first-order chi connectivity index (χ1) is 11.6. The third-order valence-corrected chi connectivity index (χ3v) is 3.79. The molecule has 1 heterocycles. The van der Waals surface area contributed by atoms with Gasteiger partial charge in [0.05, 0.1) is 7.11 Å². The lowest BCUT2D eigenvalue weighted by atomic mass is 10.2. The van der Waals surface area contributed by atoms with Gasteiger partial charge in [-0.2, -0.15) is 0 Å². The molecule has 7 heteroatoms. The average molecular weight is 392 g/mol. The van der Waals surface area contributed by atoms with Gasteiger partial charge in [-0.3, -0.25) is 9.59 Å². The number of carbonyl (C=O) groups is 2. The molecule has 126 valence electrons. The van der Waals surface area contributed by atoms with Crippen molar-refractivity contribution in [2.45, 2.75) is 13.0 Å². The molecule has 2 aromatic rings. The molecule has 1 aromatic carbocycles. The number of carbonyl (C=O) groups excluding carboxylic acids is 2. The molecule has 0 aliphatic carbocycles. The highest BCUT2D eigenvalue weighted by Gasteiger charge is 2.08. The summed E-state index contributed by atoms with van der Waals surface area (Å²) < 4.78 is 6.03. The maximum atomic E-state index is 11.9. The number of rotatable bonds is 7. The Kier molecular flexibility index (Phi) is 6.74. The fraction of sp³-hybridized carbons (Fsp3) is 0.235. The van der Waals surface area contributed by atoms with Crippen LogP contribution in [0, 0.1) is 0 Å². The lowest BCUT2D eigenvalue weighted by Gasteiger charge is -2.09. The molecule has 0 saturated carbocycles. The first kappa shape index (κ1) is 17.9. The standard InChI is InChI=1S/C17H18BrN3O3/c1-24-17-13(3-2-9-20-17)11-21-15(22)8-10-19-16(23)12-4-6-14(18)7-5-12/h2-7,9H,8,10-11H2,1H3,(H,19,23)(H,21,22). The van der Waals surface area contributed by atoms with Crippen molar-refractivity contribution in [3.63, 3.8) is 0 Å². The molecule has 0 saturated heterocycles. The first-order valence-corrected chi connectivity index (χ1v) is 8.18. The van der Waals surface area contributed by atoms with Crippen LogP contribution in [0.25, 0.3) is 0 Å². The van der Waals surface area contributed by atoms with E-state index < -0.39 is 0 Å². The number of hydrogen-bond donors (Lipinski definition) is 2. The van der Waals surface area contributed by atoms with Gasteiger partial charge >= 0.3 is 0 Å². The van der Waals surface area contributed by atoms with Crippen LogP contribution < -0.4 is 15.4 Å². The number of halogens is 1. The summed E-state index contributed by atoms with van der Waals surface area (Å²) in [4.78, 5) is 27.8. The maximum absolute atomic E-state index is 11.9. The highest BCUT2D eigenvalue weighted by Crippen LogP contribution is 2.13. The lowest BCUT2D eigenvalue weighted by molar-refractivity contribution is -0.121. The SMILES string of the molecule is COc1ncccc1CNC(=O)CCNC(=O)c1ccc(Br)cc1. The largest absolute Gasteiger partial charge is 0.481 e. The van der Waals surface area contributed by atoms with Crippen LogP contribution >= 0.6 is 15.9 Å². The summed E-state index contributed by atoms with van der Waals surface area (Å²) in [5.41, 5.74) is 1.35. The Morgan fingerprint density at radius 1 is 1.17 bits per heavy atom. The van der Waals surface area contributed by atoms with Crippen LogP contribution in [0.2, 0.25) is 0 Å². The number of benzene rings is 1. The van der Waals surface area contributed by atoms with Crippen molar-refractivity contribution in [3.05, 3.63) is 58.2 Å². The number of pyridine rings is 1. The molecule has 0 aliphatic rings. The van der Waals surface area contributed by atoms with Gasteiger partial charge in [0.1, 0.15) is 0 Å². The molecule has 24 heavy (non-hydrogen) atoms. The molecule has 0 bridgehead atoms. The normalized spacial score (nSPS) is 10.1. The van der Waals surface area contributed by atoms with Crippen LogP contribution in [0.5, 0.6) is 5.88 Å². The zero-order valence-corrected chi connectivity index (χ0v) is 14.8. The molecular formula is C17H18BrN3O3. The minimum atomic E-state index is -0.204. The predicted octanol–water partition coefficient (Wildman–Crippen LogP) is 2.29. The van der Waals surface area contributed by atoms with Crippen molar-refractivity contribution >= 4 is 27.7 Å². The van der Waals surface area contributed by atoms with Gasteiger partial charge < -0.3 is 15.4 Å². The number of hydrogen-bond acceptors (Lipinski definition) is 4.